The summed E-state index contributed by atoms with van der Waals surface area (Å²) >= 11 is 13.0. The Morgan fingerprint density at radius 3 is 2.51 bits per heavy atom. The molecule has 2 fully saturated rings. The fraction of sp³-hybridized carbons (Fsp3) is 0.375. The monoisotopic (exact) mass is 593 g/mol. The van der Waals surface area contributed by atoms with Gasteiger partial charge in [0.15, 0.2) is 5.78 Å². The van der Waals surface area contributed by atoms with Gasteiger partial charge in [0.2, 0.25) is 5.95 Å². The predicted molar refractivity (Wildman–Crippen MR) is 164 cm³/mol. The second-order valence-electron chi connectivity index (χ2n) is 11.2. The maximum absolute atomic E-state index is 14.0. The van der Waals surface area contributed by atoms with Gasteiger partial charge in [0.25, 0.3) is 0 Å². The summed E-state index contributed by atoms with van der Waals surface area (Å²) < 4.78 is 16.1. The van der Waals surface area contributed by atoms with Crippen molar-refractivity contribution in [2.45, 2.75) is 38.9 Å². The number of fused-ring (bicyclic) bond motifs is 1. The number of nitrogens with one attached hydrogen (secondary N) is 1. The normalized spacial score (nSPS) is 19.9. The zero-order chi connectivity index (χ0) is 28.7. The number of carbonyl (C=O) groups excluding carboxylic acids is 1. The quantitative estimate of drug-likeness (QED) is 0.245. The lowest BCUT2D eigenvalue weighted by molar-refractivity contribution is 0.0868. The van der Waals surface area contributed by atoms with Crippen LogP contribution in [0.5, 0.6) is 0 Å². The van der Waals surface area contributed by atoms with Crippen molar-refractivity contribution in [2.75, 3.05) is 37.6 Å². The fourth-order valence-electron chi connectivity index (χ4n) is 6.39. The fourth-order valence-corrected chi connectivity index (χ4v) is 6.82. The van der Waals surface area contributed by atoms with E-state index in [2.05, 4.69) is 33.5 Å². The lowest BCUT2D eigenvalue weighted by Crippen LogP contribution is -2.44. The third-order valence-electron chi connectivity index (χ3n) is 8.37. The van der Waals surface area contributed by atoms with Crippen molar-refractivity contribution in [3.8, 4) is 0 Å². The summed E-state index contributed by atoms with van der Waals surface area (Å²) in [7, 11) is 0. The van der Waals surface area contributed by atoms with Crippen LogP contribution in [0.25, 0.3) is 11.0 Å². The van der Waals surface area contributed by atoms with Crippen LogP contribution >= 0.6 is 23.2 Å². The van der Waals surface area contributed by atoms with Crippen molar-refractivity contribution >= 4 is 46.0 Å². The second-order valence-corrected chi connectivity index (χ2v) is 12.1. The van der Waals surface area contributed by atoms with E-state index in [1.165, 1.54) is 6.07 Å². The Kier molecular flexibility index (Phi) is 8.05. The number of nitrogens with zero attached hydrogens (tertiary/aromatic N) is 4. The van der Waals surface area contributed by atoms with Gasteiger partial charge in [-0.05, 0) is 62.2 Å². The molecule has 2 aliphatic rings. The lowest BCUT2D eigenvalue weighted by atomic mass is 9.86. The average molecular weight is 595 g/mol. The molecule has 2 aliphatic heterocycles. The number of carbonyl (C=O) groups is 1. The molecule has 0 bridgehead atoms. The molecule has 0 aliphatic carbocycles. The summed E-state index contributed by atoms with van der Waals surface area (Å²) in [4.78, 5) is 23.9. The molecule has 0 amide bonds. The number of imidazole rings is 1. The van der Waals surface area contributed by atoms with Crippen LogP contribution in [0.1, 0.15) is 47.8 Å². The molecule has 2 atom stereocenters. The first kappa shape index (κ1) is 28.2. The number of benzene rings is 3. The molecule has 9 heteroatoms. The Balaban J connectivity index is 1.52. The Morgan fingerprint density at radius 2 is 1.80 bits per heavy atom. The van der Waals surface area contributed by atoms with Crippen LogP contribution in [0.4, 0.5) is 10.3 Å². The largest absolute Gasteiger partial charge is 0.340 e. The van der Waals surface area contributed by atoms with E-state index in [1.54, 1.807) is 12.1 Å². The zero-order valence-corrected chi connectivity index (χ0v) is 24.8. The van der Waals surface area contributed by atoms with Gasteiger partial charge in [0.05, 0.1) is 22.6 Å². The van der Waals surface area contributed by atoms with Crippen LogP contribution < -0.4 is 10.2 Å². The molecular weight excluding hydrogens is 560 g/mol. The van der Waals surface area contributed by atoms with Crippen molar-refractivity contribution in [2.24, 2.45) is 5.92 Å². The van der Waals surface area contributed by atoms with E-state index < -0.39 is 5.82 Å². The topological polar surface area (TPSA) is 53.4 Å². The number of ketones is 1. The van der Waals surface area contributed by atoms with Crippen LogP contribution in [0.3, 0.4) is 0 Å². The van der Waals surface area contributed by atoms with Gasteiger partial charge in [0.1, 0.15) is 5.82 Å². The highest BCUT2D eigenvalue weighted by Gasteiger charge is 2.42. The molecule has 0 unspecified atom stereocenters. The van der Waals surface area contributed by atoms with Crippen LogP contribution in [0.2, 0.25) is 10.0 Å². The summed E-state index contributed by atoms with van der Waals surface area (Å²) in [5.41, 5.74) is 4.31. The summed E-state index contributed by atoms with van der Waals surface area (Å²) in [5, 5.41) is 4.10. The molecule has 0 radical (unpaired) electrons. The zero-order valence-electron chi connectivity index (χ0n) is 23.3. The molecular formula is C32H34Cl2FN5O. The maximum atomic E-state index is 14.0. The Hall–Kier alpha value is -2.97. The first-order chi connectivity index (χ1) is 19.8. The summed E-state index contributed by atoms with van der Waals surface area (Å²) in [6.45, 7) is 8.97. The predicted octanol–water partition coefficient (Wildman–Crippen LogP) is 6.59. The summed E-state index contributed by atoms with van der Waals surface area (Å²) in [6.07, 6.45) is 0.768. The minimum absolute atomic E-state index is 0.0927. The van der Waals surface area contributed by atoms with E-state index >= 15 is 0 Å². The van der Waals surface area contributed by atoms with Gasteiger partial charge >= 0.3 is 0 Å². The summed E-state index contributed by atoms with van der Waals surface area (Å²) in [6, 6.07) is 18.4. The van der Waals surface area contributed by atoms with Gasteiger partial charge in [-0.15, -0.1) is 0 Å². The number of Topliss-reactive ketones (excluding diaryl/α,β-unsaturated/α-hetero) is 1. The number of hydrogen-bond acceptors (Lipinski definition) is 5. The smallest absolute Gasteiger partial charge is 0.206 e. The van der Waals surface area contributed by atoms with Crippen molar-refractivity contribution in [3.63, 3.8) is 0 Å². The van der Waals surface area contributed by atoms with E-state index in [0.29, 0.717) is 11.6 Å². The number of rotatable bonds is 7. The SMILES string of the molecule is CC(C)N1CC[C@@H](C(=O)c2ccccc2)[C@H]1c1cc(Cl)cc2c1nc(N1CCNCC1)n2Cc1ccc(F)c(Cl)c1. The first-order valence-electron chi connectivity index (χ1n) is 14.3. The second kappa shape index (κ2) is 11.7. The van der Waals surface area contributed by atoms with E-state index in [9.17, 15) is 9.18 Å². The van der Waals surface area contributed by atoms with Crippen molar-refractivity contribution in [1.29, 1.82) is 0 Å². The van der Waals surface area contributed by atoms with Gasteiger partial charge in [-0.2, -0.15) is 0 Å². The molecule has 41 heavy (non-hydrogen) atoms. The Morgan fingerprint density at radius 1 is 1.05 bits per heavy atom. The molecule has 214 valence electrons. The maximum Gasteiger partial charge on any atom is 0.206 e. The molecule has 0 saturated carbocycles. The van der Waals surface area contributed by atoms with Gasteiger partial charge in [-0.25, -0.2) is 9.37 Å². The van der Waals surface area contributed by atoms with Gasteiger partial charge in [-0.3, -0.25) is 9.69 Å². The third kappa shape index (κ3) is 5.48. The van der Waals surface area contributed by atoms with Crippen molar-refractivity contribution < 1.29 is 9.18 Å². The van der Waals surface area contributed by atoms with Crippen LogP contribution in [0.15, 0.2) is 60.7 Å². The third-order valence-corrected chi connectivity index (χ3v) is 8.87. The van der Waals surface area contributed by atoms with Crippen LogP contribution in [-0.2, 0) is 6.54 Å². The molecule has 1 aromatic heterocycles. The Bertz CT molecular complexity index is 1570. The standard InChI is InChI=1S/C32H34Cl2FN5O/c1-20(2)39-13-10-24(31(41)22-6-4-3-5-7-22)30(39)25-17-23(33)18-28-29(25)37-32(38-14-11-36-12-15-38)40(28)19-21-8-9-27(35)26(34)16-21/h3-9,16-18,20,24,30,36H,10-15,19H2,1-2H3/t24-,30+/m1/s1. The highest BCUT2D eigenvalue weighted by molar-refractivity contribution is 6.31. The van der Waals surface area contributed by atoms with Crippen LogP contribution in [0, 0.1) is 11.7 Å². The van der Waals surface area contributed by atoms with E-state index in [-0.39, 0.29) is 28.8 Å². The van der Waals surface area contributed by atoms with E-state index in [4.69, 9.17) is 28.2 Å². The van der Waals surface area contributed by atoms with Gasteiger partial charge in [-0.1, -0.05) is 59.6 Å². The molecule has 3 aromatic carbocycles. The number of piperazine rings is 1. The number of hydrogen-bond donors (Lipinski definition) is 1. The number of likely N-dealkylation sites (tertiary alicyclic amines) is 1. The lowest BCUT2D eigenvalue weighted by Gasteiger charge is -2.31. The average Bonchev–Trinajstić information content (AvgIpc) is 3.58. The highest BCUT2D eigenvalue weighted by Crippen LogP contribution is 2.44. The molecule has 0 spiro atoms. The van der Waals surface area contributed by atoms with Crippen LogP contribution in [-0.4, -0.2) is 59.0 Å². The number of halogens is 3. The summed E-state index contributed by atoms with van der Waals surface area (Å²) in [5.74, 6) is 0.327. The van der Waals surface area contributed by atoms with Gasteiger partial charge in [0, 0.05) is 54.8 Å². The number of anilines is 1. The molecule has 1 N–H and O–H groups in total. The highest BCUT2D eigenvalue weighted by atomic mass is 35.5. The minimum atomic E-state index is -0.442. The number of aromatic nitrogens is 2. The van der Waals surface area contributed by atoms with Crippen molar-refractivity contribution in [1.82, 2.24) is 19.8 Å². The molecule has 2 saturated heterocycles. The van der Waals surface area contributed by atoms with E-state index in [0.717, 1.165) is 72.8 Å². The Labute approximate surface area is 250 Å². The molecule has 6 nitrogen and oxygen atoms in total. The minimum Gasteiger partial charge on any atom is -0.340 e. The van der Waals surface area contributed by atoms with Gasteiger partial charge < -0.3 is 14.8 Å². The van der Waals surface area contributed by atoms with E-state index in [1.807, 2.05) is 42.5 Å². The molecule has 6 rings (SSSR count). The first-order valence-corrected chi connectivity index (χ1v) is 15.0. The molecule has 3 heterocycles. The van der Waals surface area contributed by atoms with Crippen molar-refractivity contribution in [3.05, 3.63) is 93.2 Å². The molecule has 4 aromatic rings.